The van der Waals surface area contributed by atoms with Gasteiger partial charge in [0.25, 0.3) is 5.91 Å². The molecule has 2 N–H and O–H groups in total. The fourth-order valence-electron chi connectivity index (χ4n) is 3.27. The minimum atomic E-state index is -0.833. The first-order valence-corrected chi connectivity index (χ1v) is 9.35. The molecule has 0 bridgehead atoms. The summed E-state index contributed by atoms with van der Waals surface area (Å²) in [4.78, 5) is 29.2. The highest BCUT2D eigenvalue weighted by Crippen LogP contribution is 2.30. The molecule has 1 amide bonds. The first kappa shape index (κ1) is 17.7. The number of aryl methyl sites for hydroxylation is 2. The fourth-order valence-corrected chi connectivity index (χ4v) is 4.20. The van der Waals surface area contributed by atoms with Crippen LogP contribution in [0.3, 0.4) is 0 Å². The number of nitrogens with one attached hydrogen (secondary N) is 1. The van der Waals surface area contributed by atoms with Crippen LogP contribution in [-0.2, 0) is 4.79 Å². The quantitative estimate of drug-likeness (QED) is 0.808. The molecule has 0 radical (unpaired) electrons. The highest BCUT2D eigenvalue weighted by atomic mass is 32.1. The summed E-state index contributed by atoms with van der Waals surface area (Å²) >= 11 is 1.27. The van der Waals surface area contributed by atoms with Crippen LogP contribution in [0.15, 0.2) is 16.5 Å². The van der Waals surface area contributed by atoms with E-state index in [2.05, 4.69) is 10.3 Å². The molecule has 1 aliphatic rings. The molecular weight excluding hydrogens is 340 g/mol. The maximum Gasteiger partial charge on any atom is 0.308 e. The minimum Gasteiger partial charge on any atom is -0.481 e. The van der Waals surface area contributed by atoms with Gasteiger partial charge in [-0.2, -0.15) is 0 Å². The van der Waals surface area contributed by atoms with Gasteiger partial charge in [0.2, 0.25) is 0 Å². The van der Waals surface area contributed by atoms with Crippen molar-refractivity contribution in [2.75, 3.05) is 0 Å². The van der Waals surface area contributed by atoms with Gasteiger partial charge < -0.3 is 14.8 Å². The average Bonchev–Trinajstić information content (AvgIpc) is 3.07. The van der Waals surface area contributed by atoms with Crippen LogP contribution in [-0.4, -0.2) is 28.0 Å². The first-order chi connectivity index (χ1) is 12.0. The molecule has 134 valence electrons. The second-order valence-electron chi connectivity index (χ2n) is 6.51. The van der Waals surface area contributed by atoms with Crippen LogP contribution in [0.1, 0.15) is 53.2 Å². The van der Waals surface area contributed by atoms with Crippen molar-refractivity contribution in [1.29, 1.82) is 0 Å². The molecule has 2 atom stereocenters. The van der Waals surface area contributed by atoms with Crippen molar-refractivity contribution in [3.63, 3.8) is 0 Å². The predicted octanol–water partition coefficient (Wildman–Crippen LogP) is 3.78. The molecule has 2 heterocycles. The normalized spacial score (nSPS) is 20.9. The molecule has 2 aromatic heterocycles. The van der Waals surface area contributed by atoms with Crippen LogP contribution < -0.4 is 5.32 Å². The highest BCUT2D eigenvalue weighted by molar-refractivity contribution is 7.17. The van der Waals surface area contributed by atoms with E-state index in [1.165, 1.54) is 11.3 Å². The van der Waals surface area contributed by atoms with Crippen molar-refractivity contribution < 1.29 is 19.1 Å². The van der Waals surface area contributed by atoms with Gasteiger partial charge in [-0.15, -0.1) is 11.3 Å². The minimum absolute atomic E-state index is 0.248. The van der Waals surface area contributed by atoms with Gasteiger partial charge in [0, 0.05) is 6.04 Å². The molecule has 3 rings (SSSR count). The van der Waals surface area contributed by atoms with Gasteiger partial charge in [-0.3, -0.25) is 9.59 Å². The maximum absolute atomic E-state index is 12.7. The molecule has 1 saturated carbocycles. The van der Waals surface area contributed by atoms with E-state index in [1.807, 2.05) is 19.1 Å². The van der Waals surface area contributed by atoms with E-state index < -0.39 is 11.9 Å². The lowest BCUT2D eigenvalue weighted by Crippen LogP contribution is -2.42. The van der Waals surface area contributed by atoms with Crippen molar-refractivity contribution in [2.45, 2.75) is 52.0 Å². The molecular formula is C18H22N2O4S. The summed E-state index contributed by atoms with van der Waals surface area (Å²) in [5.74, 6) is -0.173. The number of hydrogen-bond acceptors (Lipinski definition) is 5. The van der Waals surface area contributed by atoms with Crippen LogP contribution in [0, 0.1) is 19.8 Å². The van der Waals surface area contributed by atoms with Gasteiger partial charge in [0.1, 0.15) is 10.6 Å². The van der Waals surface area contributed by atoms with E-state index in [-0.39, 0.29) is 11.9 Å². The lowest BCUT2D eigenvalue weighted by molar-refractivity contribution is -0.142. The number of carbonyl (C=O) groups excluding carboxylic acids is 1. The maximum atomic E-state index is 12.7. The number of thiazole rings is 1. The Labute approximate surface area is 150 Å². The Kier molecular flexibility index (Phi) is 5.22. The number of carboxylic acid groups (broad SMARTS) is 1. The number of carboxylic acids is 1. The number of amides is 1. The van der Waals surface area contributed by atoms with E-state index in [0.717, 1.165) is 25.0 Å². The number of hydrogen-bond donors (Lipinski definition) is 2. The first-order valence-electron chi connectivity index (χ1n) is 8.53. The lowest BCUT2D eigenvalue weighted by atomic mass is 9.95. The van der Waals surface area contributed by atoms with E-state index in [9.17, 15) is 14.7 Å². The van der Waals surface area contributed by atoms with E-state index >= 15 is 0 Å². The third-order valence-corrected chi connectivity index (χ3v) is 5.77. The molecule has 0 unspecified atom stereocenters. The molecule has 2 aromatic rings. The molecule has 25 heavy (non-hydrogen) atoms. The van der Waals surface area contributed by atoms with Crippen LogP contribution in [0.2, 0.25) is 0 Å². The second kappa shape index (κ2) is 7.39. The highest BCUT2D eigenvalue weighted by Gasteiger charge is 2.31. The Bertz CT molecular complexity index is 780. The van der Waals surface area contributed by atoms with Crippen LogP contribution >= 0.6 is 11.3 Å². The van der Waals surface area contributed by atoms with Gasteiger partial charge in [-0.1, -0.05) is 19.3 Å². The topological polar surface area (TPSA) is 92.4 Å². The standard InChI is InChI=1S/C18H22N2O4S/c1-10-8-9-14(24-10)17-19-11(2)15(25-17)16(21)20-13-7-5-3-4-6-12(13)18(22)23/h8-9,12-13H,3-7H2,1-2H3,(H,20,21)(H,22,23)/t12-,13+/m1/s1. The zero-order valence-corrected chi connectivity index (χ0v) is 15.2. The summed E-state index contributed by atoms with van der Waals surface area (Å²) in [6.07, 6.45) is 4.15. The Balaban J connectivity index is 1.78. The Hall–Kier alpha value is -2.15. The number of rotatable bonds is 4. The summed E-state index contributed by atoms with van der Waals surface area (Å²) in [6, 6.07) is 3.36. The molecule has 0 aliphatic heterocycles. The summed E-state index contributed by atoms with van der Waals surface area (Å²) in [5.41, 5.74) is 0.632. The summed E-state index contributed by atoms with van der Waals surface area (Å²) in [5, 5.41) is 13.0. The third-order valence-electron chi connectivity index (χ3n) is 4.60. The largest absolute Gasteiger partial charge is 0.481 e. The van der Waals surface area contributed by atoms with Crippen molar-refractivity contribution in [3.05, 3.63) is 28.5 Å². The molecule has 7 heteroatoms. The molecule has 1 fully saturated rings. The zero-order valence-electron chi connectivity index (χ0n) is 14.4. The molecule has 1 aliphatic carbocycles. The summed E-state index contributed by atoms with van der Waals surface area (Å²) in [7, 11) is 0. The smallest absolute Gasteiger partial charge is 0.308 e. The van der Waals surface area contributed by atoms with E-state index in [4.69, 9.17) is 4.42 Å². The molecule has 0 aromatic carbocycles. The van der Waals surface area contributed by atoms with Gasteiger partial charge >= 0.3 is 5.97 Å². The second-order valence-corrected chi connectivity index (χ2v) is 7.51. The monoisotopic (exact) mass is 362 g/mol. The Morgan fingerprint density at radius 1 is 1.24 bits per heavy atom. The zero-order chi connectivity index (χ0) is 18.0. The number of carbonyl (C=O) groups is 2. The summed E-state index contributed by atoms with van der Waals surface area (Å²) in [6.45, 7) is 3.64. The number of nitrogens with zero attached hydrogens (tertiary/aromatic N) is 1. The van der Waals surface area contributed by atoms with Crippen molar-refractivity contribution >= 4 is 23.2 Å². The molecule has 0 saturated heterocycles. The number of aliphatic carboxylic acids is 1. The number of aromatic nitrogens is 1. The van der Waals surface area contributed by atoms with Gasteiger partial charge in [0.15, 0.2) is 10.8 Å². The lowest BCUT2D eigenvalue weighted by Gasteiger charge is -2.22. The van der Waals surface area contributed by atoms with E-state index in [0.29, 0.717) is 34.2 Å². The fraction of sp³-hybridized carbons (Fsp3) is 0.500. The Morgan fingerprint density at radius 2 is 2.00 bits per heavy atom. The Morgan fingerprint density at radius 3 is 2.68 bits per heavy atom. The van der Waals surface area contributed by atoms with Crippen LogP contribution in [0.25, 0.3) is 10.8 Å². The molecule has 0 spiro atoms. The van der Waals surface area contributed by atoms with Gasteiger partial charge in [0.05, 0.1) is 11.6 Å². The van der Waals surface area contributed by atoms with Gasteiger partial charge in [-0.05, 0) is 38.8 Å². The average molecular weight is 362 g/mol. The van der Waals surface area contributed by atoms with Crippen molar-refractivity contribution in [3.8, 4) is 10.8 Å². The van der Waals surface area contributed by atoms with E-state index in [1.54, 1.807) is 6.92 Å². The predicted molar refractivity (Wildman–Crippen MR) is 94.8 cm³/mol. The van der Waals surface area contributed by atoms with Crippen molar-refractivity contribution in [2.24, 2.45) is 5.92 Å². The van der Waals surface area contributed by atoms with Crippen molar-refractivity contribution in [1.82, 2.24) is 10.3 Å². The third kappa shape index (κ3) is 3.92. The van der Waals surface area contributed by atoms with Crippen LogP contribution in [0.4, 0.5) is 0 Å². The molecule has 6 nitrogen and oxygen atoms in total. The number of furan rings is 1. The van der Waals surface area contributed by atoms with Crippen LogP contribution in [0.5, 0.6) is 0 Å². The van der Waals surface area contributed by atoms with Gasteiger partial charge in [-0.25, -0.2) is 4.98 Å². The summed E-state index contributed by atoms with van der Waals surface area (Å²) < 4.78 is 5.57. The SMILES string of the molecule is Cc1ccc(-c2nc(C)c(C(=O)N[C@H]3CCCCC[C@H]3C(=O)O)s2)o1.